The number of hydrogen-bond donors (Lipinski definition) is 0. The molecule has 2 heterocycles. The van der Waals surface area contributed by atoms with E-state index in [2.05, 4.69) is 306 Å². The van der Waals surface area contributed by atoms with Gasteiger partial charge in [-0.1, -0.05) is 236 Å². The van der Waals surface area contributed by atoms with Gasteiger partial charge < -0.3 is 18.6 Å². The third-order valence-electron chi connectivity index (χ3n) is 18.6. The van der Waals surface area contributed by atoms with Crippen molar-refractivity contribution >= 4 is 99.5 Å². The van der Waals surface area contributed by atoms with Crippen LogP contribution in [-0.4, -0.2) is 0 Å². The summed E-state index contributed by atoms with van der Waals surface area (Å²) in [5, 5.41) is 9.06. The first-order valence-corrected chi connectivity index (χ1v) is 28.8. The second kappa shape index (κ2) is 17.4. The highest BCUT2D eigenvalue weighted by Crippen LogP contribution is 2.75. The molecule has 16 rings (SSSR count). The lowest BCUT2D eigenvalue weighted by Crippen LogP contribution is -2.62. The molecular formula is C78H60N2O2. The number of rotatable bonds is 7. The molecule has 0 saturated carbocycles. The summed E-state index contributed by atoms with van der Waals surface area (Å²) >= 11 is 0. The normalized spacial score (nSPS) is 16.5. The molecule has 2 unspecified atom stereocenters. The second-order valence-corrected chi connectivity index (χ2v) is 24.7. The molecule has 4 nitrogen and oxygen atoms in total. The molecule has 2 aliphatic carbocycles. The van der Waals surface area contributed by atoms with Gasteiger partial charge in [-0.2, -0.15) is 0 Å². The summed E-state index contributed by atoms with van der Waals surface area (Å²) in [6.07, 6.45) is 0. The monoisotopic (exact) mass is 1060 g/mol. The van der Waals surface area contributed by atoms with E-state index in [1.807, 2.05) is 0 Å². The van der Waals surface area contributed by atoms with Gasteiger partial charge in [0.2, 0.25) is 0 Å². The molecule has 12 aromatic carbocycles. The number of furan rings is 2. The minimum atomic E-state index is -0.695. The molecule has 0 spiro atoms. The van der Waals surface area contributed by atoms with Gasteiger partial charge in [-0.3, -0.25) is 0 Å². The lowest BCUT2D eigenvalue weighted by molar-refractivity contribution is 0.0594. The fraction of sp³-hybridized carbons (Fsp3) is 0.128. The lowest BCUT2D eigenvalue weighted by Gasteiger charge is -2.62. The molecule has 0 aliphatic heterocycles. The van der Waals surface area contributed by atoms with Crippen molar-refractivity contribution < 1.29 is 8.83 Å². The van der Waals surface area contributed by atoms with Gasteiger partial charge in [-0.05, 0) is 127 Å². The van der Waals surface area contributed by atoms with E-state index in [9.17, 15) is 0 Å². The first-order chi connectivity index (χ1) is 40.0. The van der Waals surface area contributed by atoms with E-state index < -0.39 is 21.7 Å². The largest absolute Gasteiger partial charge is 0.454 e. The van der Waals surface area contributed by atoms with Crippen LogP contribution in [0.2, 0.25) is 0 Å². The zero-order valence-corrected chi connectivity index (χ0v) is 47.0. The number of fused-ring (bicyclic) bond motifs is 14. The topological polar surface area (TPSA) is 32.8 Å². The van der Waals surface area contributed by atoms with Crippen LogP contribution in [0.15, 0.2) is 264 Å². The van der Waals surface area contributed by atoms with Crippen molar-refractivity contribution in [2.75, 3.05) is 9.80 Å². The van der Waals surface area contributed by atoms with E-state index in [4.69, 9.17) is 8.83 Å². The van der Waals surface area contributed by atoms with E-state index in [0.29, 0.717) is 0 Å². The average molecular weight is 1060 g/mol. The minimum absolute atomic E-state index is 0.413. The first-order valence-electron chi connectivity index (χ1n) is 28.8. The van der Waals surface area contributed by atoms with Crippen molar-refractivity contribution in [3.63, 3.8) is 0 Å². The molecule has 0 N–H and O–H groups in total. The Balaban J connectivity index is 1.02. The highest BCUT2D eigenvalue weighted by atomic mass is 16.3. The Morgan fingerprint density at radius 2 is 0.610 bits per heavy atom. The lowest BCUT2D eigenvalue weighted by atomic mass is 9.39. The molecule has 2 aliphatic rings. The highest BCUT2D eigenvalue weighted by molar-refractivity contribution is 6.13. The van der Waals surface area contributed by atoms with Crippen molar-refractivity contribution in [1.82, 2.24) is 0 Å². The molecule has 2 atom stereocenters. The highest BCUT2D eigenvalue weighted by Gasteiger charge is 2.70. The van der Waals surface area contributed by atoms with Crippen molar-refractivity contribution in [2.24, 2.45) is 10.8 Å². The van der Waals surface area contributed by atoms with E-state index in [-0.39, 0.29) is 0 Å². The van der Waals surface area contributed by atoms with E-state index in [1.54, 1.807) is 0 Å². The molecule has 4 heteroatoms. The van der Waals surface area contributed by atoms with E-state index in [0.717, 1.165) is 88.8 Å². The first kappa shape index (κ1) is 48.3. The maximum atomic E-state index is 6.98. The number of para-hydroxylation sites is 4. The van der Waals surface area contributed by atoms with Crippen molar-refractivity contribution in [3.8, 4) is 22.3 Å². The van der Waals surface area contributed by atoms with Crippen LogP contribution in [0.3, 0.4) is 0 Å². The number of hydrogen-bond acceptors (Lipinski definition) is 4. The van der Waals surface area contributed by atoms with Gasteiger partial charge in [0.15, 0.2) is 11.2 Å². The fourth-order valence-electron chi connectivity index (χ4n) is 15.8. The summed E-state index contributed by atoms with van der Waals surface area (Å²) in [5.41, 5.74) is 17.9. The molecule has 0 bridgehead atoms. The molecule has 2 aromatic heterocycles. The van der Waals surface area contributed by atoms with Crippen LogP contribution in [0.1, 0.15) is 63.8 Å². The summed E-state index contributed by atoms with van der Waals surface area (Å²) in [6.45, 7) is 15.0. The fourth-order valence-corrected chi connectivity index (χ4v) is 15.8. The predicted octanol–water partition coefficient (Wildman–Crippen LogP) is 22.1. The minimum Gasteiger partial charge on any atom is -0.454 e. The molecule has 0 radical (unpaired) electrons. The SMILES string of the molecule is CC(C)(C)C1(C2(C(C)(C)C)c3ccccc3-c3ccc(N(c4cccc5ccccc45)c4cccc5c4oc4ccccc45)cc32)c2ccccc2-c2ccc(N(c3cccc4ccccc34)c3cccc4c3oc3ccccc34)cc21. The van der Waals surface area contributed by atoms with Crippen LogP contribution in [-0.2, 0) is 10.8 Å². The summed E-state index contributed by atoms with van der Waals surface area (Å²) in [7, 11) is 0. The van der Waals surface area contributed by atoms with Gasteiger partial charge in [-0.25, -0.2) is 0 Å². The molecular weight excluding hydrogens is 997 g/mol. The van der Waals surface area contributed by atoms with Gasteiger partial charge in [0, 0.05) is 54.5 Å². The Hall–Kier alpha value is -9.64. The third kappa shape index (κ3) is 6.43. The van der Waals surface area contributed by atoms with Gasteiger partial charge in [0.05, 0.1) is 22.7 Å². The van der Waals surface area contributed by atoms with Gasteiger partial charge in [-0.15, -0.1) is 0 Å². The summed E-state index contributed by atoms with van der Waals surface area (Å²) in [6, 6.07) is 94.4. The molecule has 82 heavy (non-hydrogen) atoms. The van der Waals surface area contributed by atoms with E-state index >= 15 is 0 Å². The van der Waals surface area contributed by atoms with Crippen LogP contribution >= 0.6 is 0 Å². The third-order valence-corrected chi connectivity index (χ3v) is 18.6. The van der Waals surface area contributed by atoms with Crippen molar-refractivity contribution in [3.05, 3.63) is 277 Å². The van der Waals surface area contributed by atoms with Crippen LogP contribution in [0.25, 0.3) is 87.7 Å². The number of benzene rings is 12. The van der Waals surface area contributed by atoms with Gasteiger partial charge >= 0.3 is 0 Å². The van der Waals surface area contributed by atoms with Crippen LogP contribution in [0.4, 0.5) is 34.1 Å². The van der Waals surface area contributed by atoms with Crippen molar-refractivity contribution in [1.29, 1.82) is 0 Å². The zero-order chi connectivity index (χ0) is 55.3. The van der Waals surface area contributed by atoms with Gasteiger partial charge in [0.25, 0.3) is 0 Å². The molecule has 0 fully saturated rings. The standard InChI is InChI=1S/C78H60N2O2/c1-75(2,3)77(63-35-15-11-29-55(63)57-45-43-51(47-65(57)77)79(67-37-19-25-49-23-7-9-27-53(49)67)69-39-21-33-61-59-31-13-17-41-71(59)81-73(61)69)78(76(4,5)6)64-36-16-12-30-56(64)58-46-44-52(48-66(58)78)80(68-38-20-26-50-24-8-10-28-54(50)68)70-40-22-34-62-60-32-14-18-42-72(60)82-74(62)70/h7-48H,1-6H3. The summed E-state index contributed by atoms with van der Waals surface area (Å²) < 4.78 is 14.0. The van der Waals surface area contributed by atoms with Crippen molar-refractivity contribution in [2.45, 2.75) is 52.4 Å². The predicted molar refractivity (Wildman–Crippen MR) is 343 cm³/mol. The summed E-state index contributed by atoms with van der Waals surface area (Å²) in [5.74, 6) is 0. The average Bonchev–Trinajstić information content (AvgIpc) is 1.47. The molecule has 14 aromatic rings. The van der Waals surface area contributed by atoms with Crippen LogP contribution < -0.4 is 9.80 Å². The Morgan fingerprint density at radius 3 is 1.05 bits per heavy atom. The van der Waals surface area contributed by atoms with Crippen LogP contribution in [0, 0.1) is 10.8 Å². The Labute approximate surface area is 478 Å². The number of anilines is 6. The maximum absolute atomic E-state index is 6.98. The number of nitrogens with zero attached hydrogens (tertiary/aromatic N) is 2. The Bertz CT molecular complexity index is 4620. The smallest absolute Gasteiger partial charge is 0.159 e. The maximum Gasteiger partial charge on any atom is 0.159 e. The summed E-state index contributed by atoms with van der Waals surface area (Å²) in [4.78, 5) is 4.95. The zero-order valence-electron chi connectivity index (χ0n) is 47.0. The Morgan fingerprint density at radius 1 is 0.280 bits per heavy atom. The molecule has 0 saturated heterocycles. The molecule has 0 amide bonds. The quantitative estimate of drug-likeness (QED) is 0.159. The van der Waals surface area contributed by atoms with Crippen LogP contribution in [0.5, 0.6) is 0 Å². The second-order valence-electron chi connectivity index (χ2n) is 24.7. The van der Waals surface area contributed by atoms with E-state index in [1.165, 1.54) is 55.3 Å². The molecule has 394 valence electrons. The Kier molecular flexibility index (Phi) is 10.3. The van der Waals surface area contributed by atoms with Gasteiger partial charge in [0.1, 0.15) is 11.2 Å².